The van der Waals surface area contributed by atoms with Crippen molar-refractivity contribution in [1.82, 2.24) is 4.90 Å². The summed E-state index contributed by atoms with van der Waals surface area (Å²) < 4.78 is 5.40. The molecule has 0 spiro atoms. The highest BCUT2D eigenvalue weighted by Gasteiger charge is 2.31. The summed E-state index contributed by atoms with van der Waals surface area (Å²) in [4.78, 5) is 17.1. The Morgan fingerprint density at radius 3 is 2.50 bits per heavy atom. The number of carbonyl (C=O) groups excluding carboxylic acids is 1. The predicted octanol–water partition coefficient (Wildman–Crippen LogP) is 2.97. The number of nitrogens with zero attached hydrogens (tertiary/aromatic N) is 2. The van der Waals surface area contributed by atoms with Crippen molar-refractivity contribution < 1.29 is 9.53 Å². The minimum Gasteiger partial charge on any atom is -0.378 e. The molecule has 2 aliphatic heterocycles. The van der Waals surface area contributed by atoms with Gasteiger partial charge in [0.1, 0.15) is 0 Å². The summed E-state index contributed by atoms with van der Waals surface area (Å²) in [5.41, 5.74) is 2.09. The number of piperidine rings is 1. The Kier molecular flexibility index (Phi) is 5.75. The van der Waals surface area contributed by atoms with Crippen LogP contribution in [0.3, 0.4) is 0 Å². The SMILES string of the molecule is O=C(CN1CCC2CCCCC2C1)Nc1ccc(N2CCOCC2)cc1. The molecule has 1 aliphatic carbocycles. The lowest BCUT2D eigenvalue weighted by atomic mass is 9.75. The number of nitrogens with one attached hydrogen (secondary N) is 1. The summed E-state index contributed by atoms with van der Waals surface area (Å²) in [7, 11) is 0. The second kappa shape index (κ2) is 8.40. The van der Waals surface area contributed by atoms with Gasteiger partial charge in [0.25, 0.3) is 0 Å². The third kappa shape index (κ3) is 4.38. The van der Waals surface area contributed by atoms with Gasteiger partial charge in [-0.15, -0.1) is 0 Å². The van der Waals surface area contributed by atoms with Crippen molar-refractivity contribution in [2.24, 2.45) is 11.8 Å². The summed E-state index contributed by atoms with van der Waals surface area (Å²) in [6, 6.07) is 8.20. The zero-order valence-electron chi connectivity index (χ0n) is 15.7. The van der Waals surface area contributed by atoms with Crippen LogP contribution in [-0.4, -0.2) is 56.7 Å². The molecule has 5 nitrogen and oxygen atoms in total. The number of morpholine rings is 1. The molecule has 2 unspecified atom stereocenters. The van der Waals surface area contributed by atoms with Gasteiger partial charge in [-0.1, -0.05) is 19.3 Å². The molecule has 5 heteroatoms. The highest BCUT2D eigenvalue weighted by atomic mass is 16.5. The molecule has 3 aliphatic rings. The van der Waals surface area contributed by atoms with Crippen LogP contribution in [0.5, 0.6) is 0 Å². The maximum absolute atomic E-state index is 12.4. The topological polar surface area (TPSA) is 44.8 Å². The lowest BCUT2D eigenvalue weighted by Gasteiger charge is -2.41. The van der Waals surface area contributed by atoms with E-state index in [0.717, 1.165) is 56.9 Å². The van der Waals surface area contributed by atoms with Crippen LogP contribution < -0.4 is 10.2 Å². The first-order valence-corrected chi connectivity index (χ1v) is 10.2. The average molecular weight is 357 g/mol. The molecular weight excluding hydrogens is 326 g/mol. The third-order valence-corrected chi connectivity index (χ3v) is 6.27. The second-order valence-corrected chi connectivity index (χ2v) is 8.02. The maximum Gasteiger partial charge on any atom is 0.238 e. The summed E-state index contributed by atoms with van der Waals surface area (Å²) in [5.74, 6) is 1.84. The van der Waals surface area contributed by atoms with Gasteiger partial charge in [-0.05, 0) is 55.5 Å². The van der Waals surface area contributed by atoms with Gasteiger partial charge in [0.15, 0.2) is 0 Å². The van der Waals surface area contributed by atoms with Crippen LogP contribution in [0.2, 0.25) is 0 Å². The van der Waals surface area contributed by atoms with Gasteiger partial charge in [-0.25, -0.2) is 0 Å². The maximum atomic E-state index is 12.4. The fourth-order valence-corrected chi connectivity index (χ4v) is 4.80. The van der Waals surface area contributed by atoms with Crippen molar-refractivity contribution in [2.45, 2.75) is 32.1 Å². The monoisotopic (exact) mass is 357 g/mol. The van der Waals surface area contributed by atoms with Crippen molar-refractivity contribution >= 4 is 17.3 Å². The zero-order chi connectivity index (χ0) is 17.8. The zero-order valence-corrected chi connectivity index (χ0v) is 15.7. The molecule has 1 saturated carbocycles. The van der Waals surface area contributed by atoms with Gasteiger partial charge in [0.05, 0.1) is 19.8 Å². The molecule has 0 aromatic heterocycles. The molecule has 0 bridgehead atoms. The number of ether oxygens (including phenoxy) is 1. The van der Waals surface area contributed by atoms with E-state index in [1.165, 1.54) is 37.8 Å². The van der Waals surface area contributed by atoms with E-state index in [2.05, 4.69) is 27.2 Å². The van der Waals surface area contributed by atoms with Crippen molar-refractivity contribution in [1.29, 1.82) is 0 Å². The molecule has 3 fully saturated rings. The Labute approximate surface area is 156 Å². The number of amides is 1. The Bertz CT molecular complexity index is 598. The molecular formula is C21H31N3O2. The normalized spacial score (nSPS) is 27.0. The van der Waals surface area contributed by atoms with E-state index >= 15 is 0 Å². The molecule has 2 saturated heterocycles. The van der Waals surface area contributed by atoms with Crippen LogP contribution in [0.25, 0.3) is 0 Å². The average Bonchev–Trinajstić information content (AvgIpc) is 2.69. The van der Waals surface area contributed by atoms with E-state index in [1.807, 2.05) is 12.1 Å². The van der Waals surface area contributed by atoms with Gasteiger partial charge < -0.3 is 15.0 Å². The molecule has 2 atom stereocenters. The second-order valence-electron chi connectivity index (χ2n) is 8.02. The van der Waals surface area contributed by atoms with E-state index in [1.54, 1.807) is 0 Å². The fraction of sp³-hybridized carbons (Fsp3) is 0.667. The third-order valence-electron chi connectivity index (χ3n) is 6.27. The number of likely N-dealkylation sites (tertiary alicyclic amines) is 1. The van der Waals surface area contributed by atoms with Gasteiger partial charge in [0.2, 0.25) is 5.91 Å². The molecule has 1 amide bonds. The van der Waals surface area contributed by atoms with E-state index in [-0.39, 0.29) is 5.91 Å². The van der Waals surface area contributed by atoms with E-state index < -0.39 is 0 Å². The number of rotatable bonds is 4. The van der Waals surface area contributed by atoms with Gasteiger partial charge in [-0.2, -0.15) is 0 Å². The molecule has 1 N–H and O–H groups in total. The molecule has 1 aromatic carbocycles. The van der Waals surface area contributed by atoms with E-state index in [9.17, 15) is 4.79 Å². The number of hydrogen-bond acceptors (Lipinski definition) is 4. The highest BCUT2D eigenvalue weighted by Crippen LogP contribution is 2.35. The Hall–Kier alpha value is -1.59. The quantitative estimate of drug-likeness (QED) is 0.900. The summed E-state index contributed by atoms with van der Waals surface area (Å²) in [5, 5.41) is 3.07. The van der Waals surface area contributed by atoms with Gasteiger partial charge >= 0.3 is 0 Å². The molecule has 26 heavy (non-hydrogen) atoms. The lowest BCUT2D eigenvalue weighted by molar-refractivity contribution is -0.118. The van der Waals surface area contributed by atoms with Crippen molar-refractivity contribution in [3.05, 3.63) is 24.3 Å². The van der Waals surface area contributed by atoms with Crippen molar-refractivity contribution in [2.75, 3.05) is 56.2 Å². The Morgan fingerprint density at radius 1 is 1.00 bits per heavy atom. The van der Waals surface area contributed by atoms with Crippen LogP contribution in [0.4, 0.5) is 11.4 Å². The molecule has 142 valence electrons. The van der Waals surface area contributed by atoms with Gasteiger partial charge in [-0.3, -0.25) is 9.69 Å². The fourth-order valence-electron chi connectivity index (χ4n) is 4.80. The highest BCUT2D eigenvalue weighted by molar-refractivity contribution is 5.92. The smallest absolute Gasteiger partial charge is 0.238 e. The summed E-state index contributed by atoms with van der Waals surface area (Å²) in [6.07, 6.45) is 6.80. The number of fused-ring (bicyclic) bond motifs is 1. The number of anilines is 2. The summed E-state index contributed by atoms with van der Waals surface area (Å²) in [6.45, 7) is 6.14. The van der Waals surface area contributed by atoms with Crippen molar-refractivity contribution in [3.63, 3.8) is 0 Å². The van der Waals surface area contributed by atoms with Gasteiger partial charge in [0, 0.05) is 31.0 Å². The first kappa shape index (κ1) is 17.8. The number of hydrogen-bond donors (Lipinski definition) is 1. The molecule has 4 rings (SSSR count). The largest absolute Gasteiger partial charge is 0.378 e. The standard InChI is InChI=1S/C21H31N3O2/c25-21(16-23-10-9-17-3-1-2-4-18(17)15-23)22-19-5-7-20(8-6-19)24-11-13-26-14-12-24/h5-8,17-18H,1-4,9-16H2,(H,22,25). The number of carbonyl (C=O) groups is 1. The predicted molar refractivity (Wildman–Crippen MR) is 105 cm³/mol. The Balaban J connectivity index is 1.26. The minimum absolute atomic E-state index is 0.110. The van der Waals surface area contributed by atoms with E-state index in [4.69, 9.17) is 4.74 Å². The first-order valence-electron chi connectivity index (χ1n) is 10.2. The summed E-state index contributed by atoms with van der Waals surface area (Å²) >= 11 is 0. The lowest BCUT2D eigenvalue weighted by Crippen LogP contribution is -2.44. The minimum atomic E-state index is 0.110. The van der Waals surface area contributed by atoms with Crippen LogP contribution in [0.15, 0.2) is 24.3 Å². The van der Waals surface area contributed by atoms with Crippen LogP contribution in [0.1, 0.15) is 32.1 Å². The first-order chi connectivity index (χ1) is 12.8. The number of benzene rings is 1. The molecule has 2 heterocycles. The van der Waals surface area contributed by atoms with Crippen LogP contribution >= 0.6 is 0 Å². The van der Waals surface area contributed by atoms with Crippen molar-refractivity contribution in [3.8, 4) is 0 Å². The van der Waals surface area contributed by atoms with E-state index in [0.29, 0.717) is 6.54 Å². The Morgan fingerprint density at radius 2 is 1.73 bits per heavy atom. The van der Waals surface area contributed by atoms with Crippen LogP contribution in [-0.2, 0) is 9.53 Å². The van der Waals surface area contributed by atoms with Crippen LogP contribution in [0, 0.1) is 11.8 Å². The molecule has 0 radical (unpaired) electrons. The molecule has 1 aromatic rings.